The van der Waals surface area contributed by atoms with E-state index in [0.717, 1.165) is 0 Å². The molecule has 2 rings (SSSR count). The fourth-order valence-corrected chi connectivity index (χ4v) is 1.58. The summed E-state index contributed by atoms with van der Waals surface area (Å²) in [5.41, 5.74) is 0.368. The van der Waals surface area contributed by atoms with E-state index in [-0.39, 0.29) is 12.2 Å². The van der Waals surface area contributed by atoms with E-state index in [4.69, 9.17) is 4.74 Å². The maximum Gasteiger partial charge on any atom is 0.265 e. The Labute approximate surface area is 104 Å². The first-order valence-corrected chi connectivity index (χ1v) is 5.43. The molecule has 0 saturated carbocycles. The third-order valence-corrected chi connectivity index (χ3v) is 2.96. The number of aromatic nitrogens is 5. The summed E-state index contributed by atoms with van der Waals surface area (Å²) >= 11 is 1.93. The van der Waals surface area contributed by atoms with E-state index in [9.17, 15) is 4.79 Å². The summed E-state index contributed by atoms with van der Waals surface area (Å²) in [6.07, 6.45) is 1.35. The summed E-state index contributed by atoms with van der Waals surface area (Å²) in [5, 5.41) is 6.33. The van der Waals surface area contributed by atoms with Gasteiger partial charge in [-0.1, -0.05) is 0 Å². The van der Waals surface area contributed by atoms with Gasteiger partial charge in [-0.2, -0.15) is 5.10 Å². The average molecular weight is 333 g/mol. The third-order valence-electron chi connectivity index (χ3n) is 1.85. The zero-order valence-corrected chi connectivity index (χ0v) is 10.5. The number of ether oxygens (including phenoxy) is 1. The first-order valence-electron chi connectivity index (χ1n) is 4.35. The Hall–Kier alpha value is -1.29. The van der Waals surface area contributed by atoms with Gasteiger partial charge in [0.25, 0.3) is 5.56 Å². The molecule has 0 amide bonds. The zero-order valence-electron chi connectivity index (χ0n) is 8.32. The van der Waals surface area contributed by atoms with E-state index >= 15 is 0 Å². The molecule has 2 heterocycles. The van der Waals surface area contributed by atoms with Crippen LogP contribution < -0.4 is 5.56 Å². The van der Waals surface area contributed by atoms with Gasteiger partial charge in [-0.15, -0.1) is 0 Å². The predicted molar refractivity (Wildman–Crippen MR) is 63.7 cm³/mol. The van der Waals surface area contributed by atoms with Gasteiger partial charge in [-0.25, -0.2) is 9.97 Å². The van der Waals surface area contributed by atoms with Crippen molar-refractivity contribution in [2.75, 3.05) is 7.11 Å². The first kappa shape index (κ1) is 11.2. The van der Waals surface area contributed by atoms with Crippen LogP contribution in [0.25, 0.3) is 11.6 Å². The van der Waals surface area contributed by atoms with E-state index in [1.807, 2.05) is 22.6 Å². The molecule has 0 aliphatic heterocycles. The monoisotopic (exact) mass is 333 g/mol. The second-order valence-corrected chi connectivity index (χ2v) is 4.02. The van der Waals surface area contributed by atoms with Gasteiger partial charge in [0.2, 0.25) is 0 Å². The highest BCUT2D eigenvalue weighted by Crippen LogP contribution is 2.10. The highest BCUT2D eigenvalue weighted by Gasteiger charge is 2.11. The fraction of sp³-hybridized carbons (Fsp3) is 0.250. The number of aromatic amines is 2. The zero-order chi connectivity index (χ0) is 11.5. The lowest BCUT2D eigenvalue weighted by atomic mass is 10.4. The van der Waals surface area contributed by atoms with Crippen molar-refractivity contribution in [3.63, 3.8) is 0 Å². The molecular weight excluding hydrogens is 325 g/mol. The molecule has 0 radical (unpaired) electrons. The van der Waals surface area contributed by atoms with Crippen LogP contribution in [0.2, 0.25) is 0 Å². The fourth-order valence-electron chi connectivity index (χ4n) is 1.17. The number of hydrogen-bond acceptors (Lipinski definition) is 5. The summed E-state index contributed by atoms with van der Waals surface area (Å²) < 4.78 is 5.49. The highest BCUT2D eigenvalue weighted by atomic mass is 127. The van der Waals surface area contributed by atoms with Gasteiger partial charge in [0.05, 0.1) is 12.3 Å². The van der Waals surface area contributed by atoms with Gasteiger partial charge in [0, 0.05) is 7.11 Å². The molecule has 0 unspecified atom stereocenters. The molecule has 0 saturated heterocycles. The summed E-state index contributed by atoms with van der Waals surface area (Å²) in [6.45, 7) is 0.281. The number of methoxy groups -OCH3 is 1. The minimum Gasteiger partial charge on any atom is -0.378 e. The number of nitrogens with one attached hydrogen (secondary N) is 2. The molecule has 2 aromatic rings. The minimum atomic E-state index is -0.214. The van der Waals surface area contributed by atoms with E-state index in [0.29, 0.717) is 20.9 Å². The SMILES string of the molecule is COCc1nc(-c2ncn[nH]2)[nH]c(=O)c1I. The van der Waals surface area contributed by atoms with Crippen LogP contribution in [-0.4, -0.2) is 32.3 Å². The molecular formula is C8H8IN5O2. The largest absolute Gasteiger partial charge is 0.378 e. The molecule has 0 aromatic carbocycles. The number of halogens is 1. The van der Waals surface area contributed by atoms with Crippen LogP contribution in [0.5, 0.6) is 0 Å². The van der Waals surface area contributed by atoms with Crippen LogP contribution >= 0.6 is 22.6 Å². The van der Waals surface area contributed by atoms with Crippen molar-refractivity contribution in [2.24, 2.45) is 0 Å². The van der Waals surface area contributed by atoms with Crippen molar-refractivity contribution in [1.29, 1.82) is 0 Å². The molecule has 7 nitrogen and oxygen atoms in total. The Morgan fingerprint density at radius 3 is 2.94 bits per heavy atom. The lowest BCUT2D eigenvalue weighted by molar-refractivity contribution is 0.180. The molecule has 84 valence electrons. The quantitative estimate of drug-likeness (QED) is 0.788. The Kier molecular flexibility index (Phi) is 3.29. The van der Waals surface area contributed by atoms with Crippen molar-refractivity contribution >= 4 is 22.6 Å². The molecule has 0 aliphatic rings. The molecule has 2 aromatic heterocycles. The van der Waals surface area contributed by atoms with Crippen molar-refractivity contribution in [3.05, 3.63) is 25.9 Å². The van der Waals surface area contributed by atoms with Gasteiger partial charge in [0.15, 0.2) is 11.6 Å². The molecule has 16 heavy (non-hydrogen) atoms. The summed E-state index contributed by atoms with van der Waals surface area (Å²) in [4.78, 5) is 22.4. The Morgan fingerprint density at radius 1 is 1.50 bits per heavy atom. The number of rotatable bonds is 3. The summed E-state index contributed by atoms with van der Waals surface area (Å²) in [6, 6.07) is 0. The van der Waals surface area contributed by atoms with Crippen LogP contribution in [0.3, 0.4) is 0 Å². The van der Waals surface area contributed by atoms with Crippen LogP contribution in [0, 0.1) is 3.57 Å². The minimum absolute atomic E-state index is 0.214. The molecule has 0 bridgehead atoms. The Bertz CT molecular complexity index is 536. The van der Waals surface area contributed by atoms with Crippen molar-refractivity contribution in [1.82, 2.24) is 25.1 Å². The molecule has 0 fully saturated rings. The van der Waals surface area contributed by atoms with Gasteiger partial charge < -0.3 is 9.72 Å². The molecule has 2 N–H and O–H groups in total. The molecule has 0 aliphatic carbocycles. The molecule has 0 atom stereocenters. The molecule has 0 spiro atoms. The van der Waals surface area contributed by atoms with E-state index in [2.05, 4.69) is 25.1 Å². The van der Waals surface area contributed by atoms with Crippen LogP contribution in [0.1, 0.15) is 5.69 Å². The van der Waals surface area contributed by atoms with Gasteiger partial charge in [0.1, 0.15) is 9.90 Å². The topological polar surface area (TPSA) is 96.6 Å². The third kappa shape index (κ3) is 2.11. The lowest BCUT2D eigenvalue weighted by Gasteiger charge is -2.03. The van der Waals surface area contributed by atoms with Crippen LogP contribution in [0.15, 0.2) is 11.1 Å². The maximum atomic E-state index is 11.6. The van der Waals surface area contributed by atoms with Crippen molar-refractivity contribution < 1.29 is 4.74 Å². The lowest BCUT2D eigenvalue weighted by Crippen LogP contribution is -2.17. The van der Waals surface area contributed by atoms with E-state index in [1.165, 1.54) is 6.33 Å². The average Bonchev–Trinajstić information content (AvgIpc) is 2.78. The van der Waals surface area contributed by atoms with Crippen LogP contribution in [0.4, 0.5) is 0 Å². The molecule has 8 heteroatoms. The van der Waals surface area contributed by atoms with E-state index in [1.54, 1.807) is 7.11 Å². The van der Waals surface area contributed by atoms with Gasteiger partial charge >= 0.3 is 0 Å². The Morgan fingerprint density at radius 2 is 2.31 bits per heavy atom. The second kappa shape index (κ2) is 4.70. The number of nitrogens with zero attached hydrogens (tertiary/aromatic N) is 3. The van der Waals surface area contributed by atoms with Crippen molar-refractivity contribution in [2.45, 2.75) is 6.61 Å². The van der Waals surface area contributed by atoms with Gasteiger partial charge in [-0.3, -0.25) is 9.89 Å². The smallest absolute Gasteiger partial charge is 0.265 e. The van der Waals surface area contributed by atoms with Crippen molar-refractivity contribution in [3.8, 4) is 11.6 Å². The number of hydrogen-bond donors (Lipinski definition) is 2. The second-order valence-electron chi connectivity index (χ2n) is 2.94. The number of H-pyrrole nitrogens is 2. The first-order chi connectivity index (χ1) is 7.72. The summed E-state index contributed by atoms with van der Waals surface area (Å²) in [7, 11) is 1.55. The predicted octanol–water partition coefficient (Wildman–Crippen LogP) is 0.306. The van der Waals surface area contributed by atoms with Gasteiger partial charge in [-0.05, 0) is 22.6 Å². The maximum absolute atomic E-state index is 11.6. The van der Waals surface area contributed by atoms with Crippen LogP contribution in [-0.2, 0) is 11.3 Å². The Balaban J connectivity index is 2.53. The van der Waals surface area contributed by atoms with E-state index < -0.39 is 0 Å². The highest BCUT2D eigenvalue weighted by molar-refractivity contribution is 14.1. The normalized spacial score (nSPS) is 10.6. The summed E-state index contributed by atoms with van der Waals surface area (Å²) in [5.74, 6) is 0.779. The standard InChI is InChI=1S/C8H8IN5O2/c1-16-2-4-5(9)8(15)13-7(12-4)6-10-3-11-14-6/h3H,2H2,1H3,(H,10,11,14)(H,12,13,15).